The minimum atomic E-state index is -0.279. The Morgan fingerprint density at radius 3 is 1.33 bits per heavy atom. The van der Waals surface area contributed by atoms with Crippen LogP contribution >= 0.6 is 0 Å². The zero-order chi connectivity index (χ0) is 42.8. The predicted octanol–water partition coefficient (Wildman–Crippen LogP) is 18.0. The van der Waals surface area contributed by atoms with Crippen molar-refractivity contribution in [3.63, 3.8) is 0 Å². The van der Waals surface area contributed by atoms with E-state index < -0.39 is 0 Å². The van der Waals surface area contributed by atoms with Crippen molar-refractivity contribution in [2.45, 2.75) is 47.0 Å². The molecule has 12 rings (SSSR count). The van der Waals surface area contributed by atoms with Crippen molar-refractivity contribution in [2.24, 2.45) is 10.8 Å². The first-order chi connectivity index (χ1) is 30.6. The molecular formula is C63H50. The van der Waals surface area contributed by atoms with E-state index in [2.05, 4.69) is 236 Å². The van der Waals surface area contributed by atoms with Crippen LogP contribution in [0.4, 0.5) is 0 Å². The summed E-state index contributed by atoms with van der Waals surface area (Å²) < 4.78 is 0. The van der Waals surface area contributed by atoms with E-state index in [4.69, 9.17) is 0 Å². The summed E-state index contributed by atoms with van der Waals surface area (Å²) in [5.41, 5.74) is 12.8. The Kier molecular flexibility index (Phi) is 8.08. The summed E-state index contributed by atoms with van der Waals surface area (Å²) in [5.74, 6) is 0. The summed E-state index contributed by atoms with van der Waals surface area (Å²) in [6, 6.07) is 73.3. The van der Waals surface area contributed by atoms with Crippen LogP contribution in [0.2, 0.25) is 0 Å². The van der Waals surface area contributed by atoms with Gasteiger partial charge in [-0.2, -0.15) is 0 Å². The van der Waals surface area contributed by atoms with Gasteiger partial charge in [-0.1, -0.05) is 217 Å². The molecule has 0 spiro atoms. The third kappa shape index (κ3) is 5.22. The highest BCUT2D eigenvalue weighted by Crippen LogP contribution is 2.67. The first-order valence-corrected chi connectivity index (χ1v) is 22.6. The van der Waals surface area contributed by atoms with Gasteiger partial charge in [0.1, 0.15) is 0 Å². The van der Waals surface area contributed by atoms with E-state index in [9.17, 15) is 0 Å². The fourth-order valence-corrected chi connectivity index (χ4v) is 12.7. The molecule has 0 unspecified atom stereocenters. The fraction of sp³-hybridized carbons (Fsp3) is 0.143. The van der Waals surface area contributed by atoms with Gasteiger partial charge in [0.05, 0.1) is 0 Å². The molecule has 0 bridgehead atoms. The average molecular weight is 807 g/mol. The predicted molar refractivity (Wildman–Crippen MR) is 273 cm³/mol. The van der Waals surface area contributed by atoms with Crippen LogP contribution in [0.5, 0.6) is 0 Å². The molecule has 1 aliphatic carbocycles. The van der Waals surface area contributed by atoms with Gasteiger partial charge < -0.3 is 0 Å². The molecule has 0 amide bonds. The lowest BCUT2D eigenvalue weighted by Crippen LogP contribution is -2.50. The second kappa shape index (κ2) is 13.5. The maximum atomic E-state index is 2.54. The minimum Gasteiger partial charge on any atom is -0.0622 e. The summed E-state index contributed by atoms with van der Waals surface area (Å²) >= 11 is 0. The Labute approximate surface area is 370 Å². The molecule has 0 fully saturated rings. The van der Waals surface area contributed by atoms with Crippen LogP contribution in [0.25, 0.3) is 109 Å². The van der Waals surface area contributed by atoms with Crippen LogP contribution in [0.15, 0.2) is 194 Å². The molecule has 0 saturated carbocycles. The Morgan fingerprint density at radius 1 is 0.286 bits per heavy atom. The van der Waals surface area contributed by atoms with E-state index in [1.165, 1.54) is 120 Å². The number of rotatable bonds is 3. The molecule has 0 atom stereocenters. The summed E-state index contributed by atoms with van der Waals surface area (Å²) in [6.45, 7) is 14.8. The van der Waals surface area contributed by atoms with Gasteiger partial charge in [-0.3, -0.25) is 0 Å². The van der Waals surface area contributed by atoms with Crippen LogP contribution in [0.3, 0.4) is 0 Å². The molecule has 0 N–H and O–H groups in total. The molecule has 11 aromatic rings. The lowest BCUT2D eigenvalue weighted by Gasteiger charge is -2.53. The number of hydrogen-bond acceptors (Lipinski definition) is 0. The molecule has 0 heteroatoms. The monoisotopic (exact) mass is 806 g/mol. The molecular weight excluding hydrogens is 757 g/mol. The lowest BCUT2D eigenvalue weighted by atomic mass is 9.49. The molecule has 1 aliphatic rings. The van der Waals surface area contributed by atoms with Crippen molar-refractivity contribution in [2.75, 3.05) is 0 Å². The summed E-state index contributed by atoms with van der Waals surface area (Å²) in [5, 5.41) is 15.5. The number of benzene rings is 11. The van der Waals surface area contributed by atoms with Gasteiger partial charge >= 0.3 is 0 Å². The van der Waals surface area contributed by atoms with Gasteiger partial charge in [0, 0.05) is 5.41 Å². The van der Waals surface area contributed by atoms with Crippen LogP contribution in [0, 0.1) is 10.8 Å². The number of hydrogen-bond donors (Lipinski definition) is 0. The molecule has 0 radical (unpaired) electrons. The van der Waals surface area contributed by atoms with Gasteiger partial charge in [-0.25, -0.2) is 0 Å². The van der Waals surface area contributed by atoms with Gasteiger partial charge in [0.25, 0.3) is 0 Å². The van der Waals surface area contributed by atoms with Crippen molar-refractivity contribution in [3.05, 3.63) is 205 Å². The highest BCUT2D eigenvalue weighted by atomic mass is 14.6. The maximum Gasteiger partial charge on any atom is 0.0318 e. The van der Waals surface area contributed by atoms with Gasteiger partial charge in [0.15, 0.2) is 0 Å². The molecule has 302 valence electrons. The highest BCUT2D eigenvalue weighted by Gasteiger charge is 2.58. The van der Waals surface area contributed by atoms with E-state index in [0.717, 1.165) is 0 Å². The fourth-order valence-electron chi connectivity index (χ4n) is 12.7. The van der Waals surface area contributed by atoms with Gasteiger partial charge in [-0.15, -0.1) is 0 Å². The van der Waals surface area contributed by atoms with Gasteiger partial charge in [0.2, 0.25) is 0 Å². The van der Waals surface area contributed by atoms with Crippen LogP contribution < -0.4 is 0 Å². The Balaban J connectivity index is 1.17. The summed E-state index contributed by atoms with van der Waals surface area (Å²) in [7, 11) is 0. The van der Waals surface area contributed by atoms with Gasteiger partial charge in [-0.05, 0) is 149 Å². The first kappa shape index (κ1) is 37.7. The van der Waals surface area contributed by atoms with Crippen LogP contribution in [-0.2, 0) is 5.41 Å². The first-order valence-electron chi connectivity index (χ1n) is 22.6. The summed E-state index contributed by atoms with van der Waals surface area (Å²) in [4.78, 5) is 0. The highest BCUT2D eigenvalue weighted by molar-refractivity contribution is 6.26. The second-order valence-corrected chi connectivity index (χ2v) is 20.0. The Bertz CT molecular complexity index is 3610. The molecule has 0 aliphatic heterocycles. The normalized spacial score (nSPS) is 13.7. The molecule has 0 nitrogen and oxygen atoms in total. The largest absolute Gasteiger partial charge is 0.0622 e. The smallest absolute Gasteiger partial charge is 0.0318 e. The quantitative estimate of drug-likeness (QED) is 0.123. The zero-order valence-electron chi connectivity index (χ0n) is 37.0. The SMILES string of the molecule is CC(C)(C)C1(C(C)(C)C)c2cc3ccccc3cc2-c2c1c1ccc(-c3c4ccccc4c(-c4ccc(-c5ccccc5)c5ccccc45)c4ccccc34)cc1c1ccccc21. The summed E-state index contributed by atoms with van der Waals surface area (Å²) in [6.07, 6.45) is 0. The zero-order valence-corrected chi connectivity index (χ0v) is 37.0. The van der Waals surface area contributed by atoms with E-state index in [-0.39, 0.29) is 16.2 Å². The second-order valence-electron chi connectivity index (χ2n) is 20.0. The van der Waals surface area contributed by atoms with E-state index in [0.29, 0.717) is 0 Å². The third-order valence-electron chi connectivity index (χ3n) is 14.7. The minimum absolute atomic E-state index is 0.104. The standard InChI is InChI=1S/C63H50/c1-61(2,3)63(62(4,5)6)56-38-41-23-11-10-22-40(41)36-55(56)59-47-27-15-14-26-46(47)54-37-42(32-33-53(54)60(59)63)57-48-28-16-18-30-50(48)58(51-31-19-17-29-49(51)57)52-35-34-43(39-20-8-7-9-21-39)44-24-12-13-25-45(44)52/h7-38H,1-6H3. The van der Waals surface area contributed by atoms with Crippen molar-refractivity contribution in [1.29, 1.82) is 0 Å². The lowest BCUT2D eigenvalue weighted by molar-refractivity contribution is 0.0965. The molecule has 0 aromatic heterocycles. The Hall–Kier alpha value is -7.02. The molecule has 63 heavy (non-hydrogen) atoms. The van der Waals surface area contributed by atoms with Crippen molar-refractivity contribution in [1.82, 2.24) is 0 Å². The third-order valence-corrected chi connectivity index (χ3v) is 14.7. The van der Waals surface area contributed by atoms with Crippen molar-refractivity contribution < 1.29 is 0 Å². The molecule has 0 saturated heterocycles. The van der Waals surface area contributed by atoms with E-state index >= 15 is 0 Å². The molecule has 11 aromatic carbocycles. The Morgan fingerprint density at radius 2 is 0.746 bits per heavy atom. The van der Waals surface area contributed by atoms with Crippen LogP contribution in [-0.4, -0.2) is 0 Å². The van der Waals surface area contributed by atoms with Crippen molar-refractivity contribution in [3.8, 4) is 44.5 Å². The average Bonchev–Trinajstić information content (AvgIpc) is 3.62. The topological polar surface area (TPSA) is 0 Å². The van der Waals surface area contributed by atoms with E-state index in [1.807, 2.05) is 0 Å². The van der Waals surface area contributed by atoms with E-state index in [1.54, 1.807) is 0 Å². The maximum absolute atomic E-state index is 2.54. The molecule has 0 heterocycles. The van der Waals surface area contributed by atoms with Crippen molar-refractivity contribution >= 4 is 64.6 Å². The van der Waals surface area contributed by atoms with Crippen LogP contribution in [0.1, 0.15) is 52.7 Å². The number of fused-ring (bicyclic) bond motifs is 12.